The molecule has 3 heterocycles. The molecule has 118 valence electrons. The Labute approximate surface area is 125 Å². The van der Waals surface area contributed by atoms with E-state index in [4.69, 9.17) is 5.73 Å². The quantitative estimate of drug-likeness (QED) is 0.865. The third kappa shape index (κ3) is 2.79. The fourth-order valence-electron chi connectivity index (χ4n) is 3.38. The van der Waals surface area contributed by atoms with Gasteiger partial charge >= 0.3 is 0 Å². The van der Waals surface area contributed by atoms with Gasteiger partial charge < -0.3 is 10.6 Å². The van der Waals surface area contributed by atoms with E-state index in [-0.39, 0.29) is 10.7 Å². The summed E-state index contributed by atoms with van der Waals surface area (Å²) in [5.74, 6) is 0.0826. The van der Waals surface area contributed by atoms with Crippen molar-refractivity contribution in [3.8, 4) is 0 Å². The zero-order valence-electron chi connectivity index (χ0n) is 12.4. The minimum atomic E-state index is -3.51. The summed E-state index contributed by atoms with van der Waals surface area (Å²) in [6, 6.07) is 0.533. The SMILES string of the molecule is Cn1cc(S(=O)(=O)N2CCC(N3CCCC3)CC2)c(N)n1. The van der Waals surface area contributed by atoms with Gasteiger partial charge in [-0.1, -0.05) is 0 Å². The highest BCUT2D eigenvalue weighted by Crippen LogP contribution is 2.27. The van der Waals surface area contributed by atoms with Crippen molar-refractivity contribution in [1.82, 2.24) is 19.0 Å². The Balaban J connectivity index is 1.69. The molecule has 0 aliphatic carbocycles. The molecule has 0 bridgehead atoms. The van der Waals surface area contributed by atoms with E-state index in [9.17, 15) is 8.42 Å². The summed E-state index contributed by atoms with van der Waals surface area (Å²) >= 11 is 0. The van der Waals surface area contributed by atoms with Crippen LogP contribution in [0.1, 0.15) is 25.7 Å². The lowest BCUT2D eigenvalue weighted by molar-refractivity contribution is 0.168. The van der Waals surface area contributed by atoms with Crippen molar-refractivity contribution in [3.63, 3.8) is 0 Å². The molecule has 2 fully saturated rings. The maximum absolute atomic E-state index is 12.6. The molecule has 0 atom stereocenters. The standard InChI is InChI=1S/C13H23N5O2S/c1-16-10-12(13(14)15-16)21(19,20)18-8-4-11(5-9-18)17-6-2-3-7-17/h10-11H,2-9H2,1H3,(H2,14,15). The number of likely N-dealkylation sites (tertiary alicyclic amines) is 1. The minimum absolute atomic E-state index is 0.0826. The summed E-state index contributed by atoms with van der Waals surface area (Å²) in [5.41, 5.74) is 5.72. The number of rotatable bonds is 3. The lowest BCUT2D eigenvalue weighted by Gasteiger charge is -2.35. The molecule has 7 nitrogen and oxygen atoms in total. The van der Waals surface area contributed by atoms with Crippen molar-refractivity contribution >= 4 is 15.8 Å². The predicted molar refractivity (Wildman–Crippen MR) is 80.2 cm³/mol. The van der Waals surface area contributed by atoms with E-state index >= 15 is 0 Å². The molecule has 0 aromatic carbocycles. The molecular formula is C13H23N5O2S. The molecule has 21 heavy (non-hydrogen) atoms. The Morgan fingerprint density at radius 1 is 1.19 bits per heavy atom. The molecule has 2 saturated heterocycles. The summed E-state index contributed by atoms with van der Waals surface area (Å²) in [6.07, 6.45) is 5.82. The fraction of sp³-hybridized carbons (Fsp3) is 0.769. The second-order valence-corrected chi connectivity index (χ2v) is 7.84. The van der Waals surface area contributed by atoms with Crippen LogP contribution in [-0.4, -0.2) is 59.6 Å². The molecule has 0 unspecified atom stereocenters. The van der Waals surface area contributed by atoms with Crippen LogP contribution in [-0.2, 0) is 17.1 Å². The summed E-state index contributed by atoms with van der Waals surface area (Å²) in [5, 5.41) is 3.93. The van der Waals surface area contributed by atoms with Crippen molar-refractivity contribution in [2.75, 3.05) is 31.9 Å². The number of nitrogens with zero attached hydrogens (tertiary/aromatic N) is 4. The first-order valence-electron chi connectivity index (χ1n) is 7.52. The van der Waals surface area contributed by atoms with Crippen molar-refractivity contribution in [1.29, 1.82) is 0 Å². The first-order valence-corrected chi connectivity index (χ1v) is 8.96. The largest absolute Gasteiger partial charge is 0.381 e. The van der Waals surface area contributed by atoms with Gasteiger partial charge in [-0.25, -0.2) is 8.42 Å². The molecule has 2 aliphatic rings. The van der Waals surface area contributed by atoms with Gasteiger partial charge in [0.25, 0.3) is 0 Å². The van der Waals surface area contributed by atoms with Gasteiger partial charge in [-0.05, 0) is 38.8 Å². The van der Waals surface area contributed by atoms with Crippen molar-refractivity contribution in [2.45, 2.75) is 36.6 Å². The van der Waals surface area contributed by atoms with Crippen LogP contribution in [0.4, 0.5) is 5.82 Å². The number of anilines is 1. The maximum atomic E-state index is 12.6. The van der Waals surface area contributed by atoms with E-state index in [0.717, 1.165) is 25.9 Å². The number of piperidine rings is 1. The summed E-state index contributed by atoms with van der Waals surface area (Å²) in [6.45, 7) is 3.45. The molecule has 1 aromatic rings. The van der Waals surface area contributed by atoms with E-state index in [1.165, 1.54) is 23.7 Å². The first kappa shape index (κ1) is 14.8. The fourth-order valence-corrected chi connectivity index (χ4v) is 4.94. The van der Waals surface area contributed by atoms with E-state index in [1.807, 2.05) is 0 Å². The second-order valence-electron chi connectivity index (χ2n) is 5.93. The molecule has 0 radical (unpaired) electrons. The van der Waals surface area contributed by atoms with Crippen molar-refractivity contribution in [2.24, 2.45) is 7.05 Å². The smallest absolute Gasteiger partial charge is 0.248 e. The average molecular weight is 313 g/mol. The van der Waals surface area contributed by atoms with E-state index < -0.39 is 10.0 Å². The van der Waals surface area contributed by atoms with Gasteiger partial charge in [-0.15, -0.1) is 0 Å². The van der Waals surface area contributed by atoms with Gasteiger partial charge in [0.05, 0.1) is 0 Å². The second kappa shape index (κ2) is 5.58. The molecule has 2 aliphatic heterocycles. The van der Waals surface area contributed by atoms with E-state index in [0.29, 0.717) is 19.1 Å². The average Bonchev–Trinajstić information content (AvgIpc) is 3.09. The monoisotopic (exact) mass is 313 g/mol. The van der Waals surface area contributed by atoms with Gasteiger partial charge in [0.2, 0.25) is 10.0 Å². The highest BCUT2D eigenvalue weighted by atomic mass is 32.2. The van der Waals surface area contributed by atoms with Crippen LogP contribution in [0.5, 0.6) is 0 Å². The lowest BCUT2D eigenvalue weighted by atomic mass is 10.1. The molecule has 3 rings (SSSR count). The number of aryl methyl sites for hydroxylation is 1. The zero-order chi connectivity index (χ0) is 15.0. The first-order chi connectivity index (χ1) is 9.98. The summed E-state index contributed by atoms with van der Waals surface area (Å²) < 4.78 is 28.2. The minimum Gasteiger partial charge on any atom is -0.381 e. The Bertz CT molecular complexity index is 598. The number of nitrogen functional groups attached to an aromatic ring is 1. The Hall–Kier alpha value is -1.12. The van der Waals surface area contributed by atoms with Crippen LogP contribution in [0.2, 0.25) is 0 Å². The Morgan fingerprint density at radius 2 is 1.81 bits per heavy atom. The van der Waals surface area contributed by atoms with Crippen molar-refractivity contribution in [3.05, 3.63) is 6.20 Å². The highest BCUT2D eigenvalue weighted by molar-refractivity contribution is 7.89. The number of hydrogen-bond acceptors (Lipinski definition) is 5. The van der Waals surface area contributed by atoms with Crippen LogP contribution in [0.15, 0.2) is 11.1 Å². The number of sulfonamides is 1. The molecule has 2 N–H and O–H groups in total. The lowest BCUT2D eigenvalue weighted by Crippen LogP contribution is -2.45. The van der Waals surface area contributed by atoms with Crippen LogP contribution in [0, 0.1) is 0 Å². The predicted octanol–water partition coefficient (Wildman–Crippen LogP) is 0.251. The molecule has 0 saturated carbocycles. The van der Waals surface area contributed by atoms with Gasteiger partial charge in [-0.3, -0.25) is 4.68 Å². The Morgan fingerprint density at radius 3 is 2.33 bits per heavy atom. The molecule has 8 heteroatoms. The molecular weight excluding hydrogens is 290 g/mol. The number of aromatic nitrogens is 2. The Kier molecular flexibility index (Phi) is 3.94. The van der Waals surface area contributed by atoms with E-state index in [2.05, 4.69) is 10.00 Å². The van der Waals surface area contributed by atoms with Gasteiger partial charge in [0, 0.05) is 32.4 Å². The van der Waals surface area contributed by atoms with Gasteiger partial charge in [-0.2, -0.15) is 9.40 Å². The van der Waals surface area contributed by atoms with Crippen LogP contribution in [0.25, 0.3) is 0 Å². The van der Waals surface area contributed by atoms with Gasteiger partial charge in [0.1, 0.15) is 4.90 Å². The topological polar surface area (TPSA) is 84.5 Å². The van der Waals surface area contributed by atoms with E-state index in [1.54, 1.807) is 11.4 Å². The van der Waals surface area contributed by atoms with Crippen LogP contribution in [0.3, 0.4) is 0 Å². The van der Waals surface area contributed by atoms with Crippen molar-refractivity contribution < 1.29 is 8.42 Å². The summed E-state index contributed by atoms with van der Waals surface area (Å²) in [7, 11) is -1.84. The van der Waals surface area contributed by atoms with Crippen LogP contribution >= 0.6 is 0 Å². The third-order valence-electron chi connectivity index (χ3n) is 4.52. The maximum Gasteiger partial charge on any atom is 0.248 e. The molecule has 1 aromatic heterocycles. The molecule has 0 spiro atoms. The molecule has 0 amide bonds. The number of nitrogens with two attached hydrogens (primary N) is 1. The van der Waals surface area contributed by atoms with Gasteiger partial charge in [0.15, 0.2) is 5.82 Å². The zero-order valence-corrected chi connectivity index (χ0v) is 13.2. The van der Waals surface area contributed by atoms with Crippen LogP contribution < -0.4 is 5.73 Å². The third-order valence-corrected chi connectivity index (χ3v) is 6.44. The normalized spacial score (nSPS) is 22.9. The number of hydrogen-bond donors (Lipinski definition) is 1. The highest BCUT2D eigenvalue weighted by Gasteiger charge is 2.34. The summed E-state index contributed by atoms with van der Waals surface area (Å²) in [4.78, 5) is 2.63.